The molecule has 144 heavy (non-hydrogen) atoms. The van der Waals surface area contributed by atoms with Crippen molar-refractivity contribution in [3.8, 4) is 23.0 Å². The molecule has 7 heterocycles. The Bertz CT molecular complexity index is 6210. The number of rotatable bonds is 3. The Morgan fingerprint density at radius 2 is 0.806 bits per heavy atom. The molecule has 756 valence electrons. The van der Waals surface area contributed by atoms with Crippen LogP contribution in [0, 0.1) is 129 Å². The first-order chi connectivity index (χ1) is 68.3. The fourth-order valence-corrected chi connectivity index (χ4v) is 14.4. The summed E-state index contributed by atoms with van der Waals surface area (Å²) in [7, 11) is 4.85. The number of phenols is 1. The van der Waals surface area contributed by atoms with Crippen LogP contribution in [-0.4, -0.2) is 68.0 Å². The molecular weight excluding hydrogens is 2080 g/mol. The van der Waals surface area contributed by atoms with Crippen molar-refractivity contribution in [1.29, 1.82) is 0 Å². The number of aliphatic imine (C=N–C) groups is 2. The molecule has 27 heteroatoms. The Hall–Kier alpha value is -11.8. The van der Waals surface area contributed by atoms with E-state index in [2.05, 4.69) is 144 Å². The Morgan fingerprint density at radius 1 is 0.333 bits per heavy atom. The fourth-order valence-electron chi connectivity index (χ4n) is 11.7. The Kier molecular flexibility index (Phi) is 59.2. The number of nitrogens with two attached hydrogens (primary N) is 2. The lowest BCUT2D eigenvalue weighted by molar-refractivity contribution is 0.412. The first-order valence-electron chi connectivity index (χ1n) is 44.9. The Labute approximate surface area is 908 Å². The minimum absolute atomic E-state index is 0.190. The number of methoxy groups -OCH3 is 3. The van der Waals surface area contributed by atoms with Gasteiger partial charge < -0.3 is 30.8 Å². The summed E-state index contributed by atoms with van der Waals surface area (Å²) >= 11 is 60.0. The number of aromatic hydroxyl groups is 1. The van der Waals surface area contributed by atoms with Gasteiger partial charge in [-0.2, -0.15) is 5.10 Å². The molecule has 3 aliphatic rings. The van der Waals surface area contributed by atoms with Crippen LogP contribution in [0.25, 0.3) is 6.08 Å². The summed E-state index contributed by atoms with van der Waals surface area (Å²) in [5.74, 6) is 2.95. The standard InChI is InChI=1S/C10H10.C9H8ClN.C9H9N.2C8H9ClO.C7H6BrCl.2C7H6Cl2.2C7H6ClF.C7H9NO.C7H9N.C7H8O.C6H8N2.C6H7N.C5H7N3/c1-8-5-6-9-3-2-4-10(9)7-8;1-6-2-3-8-7(4-6)5-11-9(8)10;1-7-2-3-8-5-10-6-9(8)4-7;1-6-3-4-8(10-2)7(9)5-6;1-6-3-4-7(9)8(5-6)10-2;1-5-2-3-6(8)7(9)4-5;1-5-2-6(8)4-7(9)3-5;1-5-2-3-6(8)7(9)4-5;2*1-5-2-3-7(9)6(8)4-5;1-6-3-4-7(9-2)5-8-6;1-6-3-4-7(2)8-5-6;1-6-2-4-7(8)5-3-6;1-5-2-3-8-6(7)4-5;1-6-4-2-3-5-7-6;1-4-2-5(6)8-7-3-4/h2-3,5-7H,4H2,1H3;2-4H,5H2,1H3;2-5H,6H2,1H3;2*3-5H,1-2H3;5*2-4H,1H3;3-5H,1-2H3;3-5H,1-2H3;2-5,8H,1H3;2-4H,1H3,(H2,7,8);2-5H,1H3;2-3H,1H3,(H2,6,8). The SMILES string of the molecule is COc1cc(C)ccc1Cl.COc1ccc(C)cc1Cl.COc1ccc(C)nc1.Cc1cc(Cl)cc(Cl)c1.Cc1ccc(Br)c(Cl)c1.Cc1ccc(C)nc1.Cc1ccc(Cl)c(Cl)c1.Cc1ccc(F)c(Cl)c1.Cc1ccc(F)c(Cl)c1.Cc1ccc(O)cc1.Cc1ccc2c(c1)CC=C2.Cc1ccc2c(c1)CN=C2.Cc1ccc2c(c1)CN=C2Cl.Cc1ccccn1.Cc1ccnc(N)c1.Cc1cnnc(N)c1. The number of hydrogen-bond donors (Lipinski definition) is 3. The van der Waals surface area contributed by atoms with Crippen molar-refractivity contribution >= 4 is 161 Å². The smallest absolute Gasteiger partial charge is 0.146 e. The van der Waals surface area contributed by atoms with Crippen molar-refractivity contribution in [2.75, 3.05) is 32.8 Å². The number of anilines is 2. The molecule has 0 saturated heterocycles. The van der Waals surface area contributed by atoms with E-state index in [1.54, 1.807) is 101 Å². The van der Waals surface area contributed by atoms with Gasteiger partial charge >= 0.3 is 0 Å². The molecule has 0 atom stereocenters. The molecule has 2 aliphatic heterocycles. The van der Waals surface area contributed by atoms with Gasteiger partial charge in [-0.05, 0) is 375 Å². The van der Waals surface area contributed by atoms with Crippen LogP contribution >= 0.6 is 132 Å². The monoisotopic (exact) mass is 2200 g/mol. The predicted octanol–water partition coefficient (Wildman–Crippen LogP) is 35.4. The van der Waals surface area contributed by atoms with Gasteiger partial charge in [-0.3, -0.25) is 24.9 Å². The summed E-state index contributed by atoms with van der Waals surface area (Å²) in [5, 5.41) is 21.7. The number of benzene rings is 11. The van der Waals surface area contributed by atoms with Crippen molar-refractivity contribution in [3.05, 3.63) is 494 Å². The van der Waals surface area contributed by atoms with Gasteiger partial charge in [-0.25, -0.2) is 13.8 Å². The van der Waals surface area contributed by atoms with E-state index in [1.165, 1.54) is 73.3 Å². The molecule has 5 N–H and O–H groups in total. The molecule has 0 bridgehead atoms. The summed E-state index contributed by atoms with van der Waals surface area (Å²) in [4.78, 5) is 24.2. The lowest BCUT2D eigenvalue weighted by atomic mass is 10.1. The summed E-state index contributed by atoms with van der Waals surface area (Å²) in [6.45, 7) is 35.4. The minimum Gasteiger partial charge on any atom is -0.508 e. The highest BCUT2D eigenvalue weighted by Crippen LogP contribution is 2.29. The zero-order chi connectivity index (χ0) is 107. The molecule has 0 fully saturated rings. The van der Waals surface area contributed by atoms with Gasteiger partial charge in [0.2, 0.25) is 0 Å². The number of fused-ring (bicyclic) bond motifs is 3. The maximum absolute atomic E-state index is 12.4. The quantitative estimate of drug-likeness (QED) is 0.151. The van der Waals surface area contributed by atoms with Crippen molar-refractivity contribution in [1.82, 2.24) is 30.1 Å². The van der Waals surface area contributed by atoms with Crippen LogP contribution in [0.2, 0.25) is 45.2 Å². The van der Waals surface area contributed by atoms with Crippen molar-refractivity contribution < 1.29 is 28.1 Å². The second kappa shape index (κ2) is 68.5. The van der Waals surface area contributed by atoms with Crippen LogP contribution in [0.5, 0.6) is 23.0 Å². The first kappa shape index (κ1) is 125. The third-order valence-electron chi connectivity index (χ3n) is 19.3. The number of ether oxygens (including phenoxy) is 3. The molecule has 0 spiro atoms. The molecule has 0 saturated carbocycles. The summed E-state index contributed by atoms with van der Waals surface area (Å²) in [5.41, 5.74) is 37.8. The van der Waals surface area contributed by atoms with Crippen LogP contribution in [-0.2, 0) is 19.5 Å². The number of nitrogens with zero attached hydrogens (tertiary/aromatic N) is 8. The van der Waals surface area contributed by atoms with Crippen LogP contribution in [0.15, 0.2) is 318 Å². The lowest BCUT2D eigenvalue weighted by Crippen LogP contribution is -1.91. The van der Waals surface area contributed by atoms with E-state index in [0.29, 0.717) is 52.7 Å². The maximum atomic E-state index is 12.4. The third-order valence-corrected chi connectivity index (χ3v) is 23.2. The molecule has 0 amide bonds. The second-order valence-corrected chi connectivity index (χ2v) is 37.6. The number of allylic oxidation sites excluding steroid dienone is 1. The average molecular weight is 2210 g/mol. The highest BCUT2D eigenvalue weighted by atomic mass is 79.9. The van der Waals surface area contributed by atoms with Crippen LogP contribution in [0.1, 0.15) is 128 Å². The molecule has 5 aromatic heterocycles. The molecule has 14 nitrogen and oxygen atoms in total. The molecule has 0 unspecified atom stereocenters. The van der Waals surface area contributed by atoms with Crippen molar-refractivity contribution in [3.63, 3.8) is 0 Å². The topological polar surface area (TPSA) is 202 Å². The van der Waals surface area contributed by atoms with Gasteiger partial charge in [0, 0.05) is 62.0 Å². The van der Waals surface area contributed by atoms with Gasteiger partial charge in [-0.1, -0.05) is 266 Å². The Morgan fingerprint density at radius 3 is 1.24 bits per heavy atom. The maximum Gasteiger partial charge on any atom is 0.146 e. The van der Waals surface area contributed by atoms with E-state index in [-0.39, 0.29) is 21.7 Å². The summed E-state index contributed by atoms with van der Waals surface area (Å²) in [6.07, 6.45) is 16.2. The minimum atomic E-state index is -0.359. The van der Waals surface area contributed by atoms with E-state index in [4.69, 9.17) is 147 Å². The highest BCUT2D eigenvalue weighted by Gasteiger charge is 2.13. The van der Waals surface area contributed by atoms with E-state index >= 15 is 0 Å². The first-order valence-corrected chi connectivity index (χ1v) is 49.5. The number of aromatic nitrogens is 6. The predicted molar refractivity (Wildman–Crippen MR) is 613 cm³/mol. The zero-order valence-electron chi connectivity index (χ0n) is 84.5. The van der Waals surface area contributed by atoms with Crippen LogP contribution in [0.4, 0.5) is 20.4 Å². The van der Waals surface area contributed by atoms with E-state index in [0.717, 1.165) is 113 Å². The van der Waals surface area contributed by atoms with Crippen molar-refractivity contribution in [2.45, 2.75) is 137 Å². The van der Waals surface area contributed by atoms with Crippen LogP contribution in [0.3, 0.4) is 0 Å². The molecule has 19 rings (SSSR count). The number of hydrogen-bond acceptors (Lipinski definition) is 14. The number of nitrogen functional groups attached to an aromatic ring is 2. The normalized spacial score (nSPS) is 10.4. The van der Waals surface area contributed by atoms with Gasteiger partial charge in [0.05, 0.1) is 82.0 Å². The number of aryl methyl sites for hydroxylation is 17. The number of pyridine rings is 4. The van der Waals surface area contributed by atoms with Gasteiger partial charge in [-0.15, -0.1) is 5.10 Å². The third kappa shape index (κ3) is 53.2. The van der Waals surface area contributed by atoms with Crippen LogP contribution < -0.4 is 25.7 Å². The molecule has 16 aromatic rings. The summed E-state index contributed by atoms with van der Waals surface area (Å²) in [6, 6.07) is 83.1. The largest absolute Gasteiger partial charge is 0.508 e. The zero-order valence-corrected chi connectivity index (χ0v) is 93.6. The Balaban J connectivity index is 0.000000320. The highest BCUT2D eigenvalue weighted by molar-refractivity contribution is 9.10. The van der Waals surface area contributed by atoms with Crippen molar-refractivity contribution in [2.24, 2.45) is 9.98 Å². The van der Waals surface area contributed by atoms with E-state index in [9.17, 15) is 8.78 Å². The molecule has 0 radical (unpaired) electrons. The van der Waals surface area contributed by atoms with Gasteiger partial charge in [0.15, 0.2) is 0 Å². The molecule has 1 aliphatic carbocycles. The lowest BCUT2D eigenvalue weighted by Gasteiger charge is -2.01. The van der Waals surface area contributed by atoms with Gasteiger partial charge in [0.1, 0.15) is 51.4 Å². The van der Waals surface area contributed by atoms with E-state index in [1.807, 2.05) is 255 Å². The average Bonchev–Trinajstić information content (AvgIpc) is 1.69. The summed E-state index contributed by atoms with van der Waals surface area (Å²) < 4.78 is 40.6. The van der Waals surface area contributed by atoms with Gasteiger partial charge in [0.25, 0.3) is 0 Å². The fraction of sp³-hybridized carbons (Fsp3) is 0.197. The number of halogens is 13. The number of phenolic OH excluding ortho intramolecular Hbond substituents is 1. The molecule has 11 aromatic carbocycles. The second-order valence-electron chi connectivity index (χ2n) is 32.7. The van der Waals surface area contributed by atoms with E-state index < -0.39 is 0 Å². The molecular formula is C117H123BrCl10F2N10O4.